The van der Waals surface area contributed by atoms with Gasteiger partial charge in [0.15, 0.2) is 0 Å². The largest absolute Gasteiger partial charge is 0.350 e. The third-order valence-corrected chi connectivity index (χ3v) is 8.51. The molecule has 1 aliphatic carbocycles. The first-order chi connectivity index (χ1) is 18.5. The number of pyridine rings is 2. The monoisotopic (exact) mass is 526 g/mol. The molecule has 38 heavy (non-hydrogen) atoms. The zero-order valence-corrected chi connectivity index (χ0v) is 21.3. The lowest BCUT2D eigenvalue weighted by atomic mass is 9.99. The number of amides is 4. The summed E-state index contributed by atoms with van der Waals surface area (Å²) in [5.74, 6) is -0.430. The topological polar surface area (TPSA) is 116 Å². The molecule has 1 aromatic carbocycles. The van der Waals surface area contributed by atoms with Crippen LogP contribution in [0, 0.1) is 0 Å². The highest BCUT2D eigenvalue weighted by Crippen LogP contribution is 2.50. The summed E-state index contributed by atoms with van der Waals surface area (Å²) >= 11 is 1.36. The number of nitrogens with one attached hydrogen (secondary N) is 3. The van der Waals surface area contributed by atoms with E-state index in [-0.39, 0.29) is 29.9 Å². The number of rotatable bonds is 6. The van der Waals surface area contributed by atoms with Crippen LogP contribution < -0.4 is 20.9 Å². The molecule has 0 saturated heterocycles. The van der Waals surface area contributed by atoms with Crippen LogP contribution in [0.15, 0.2) is 78.7 Å². The van der Waals surface area contributed by atoms with Gasteiger partial charge in [-0.25, -0.2) is 9.78 Å². The predicted molar refractivity (Wildman–Crippen MR) is 145 cm³/mol. The van der Waals surface area contributed by atoms with Gasteiger partial charge in [-0.3, -0.25) is 19.5 Å². The van der Waals surface area contributed by atoms with Crippen molar-refractivity contribution in [3.63, 3.8) is 0 Å². The van der Waals surface area contributed by atoms with Gasteiger partial charge in [0.25, 0.3) is 0 Å². The number of hydrogen-bond donors (Lipinski definition) is 3. The number of benzene rings is 1. The Balaban J connectivity index is 1.27. The Morgan fingerprint density at radius 2 is 1.89 bits per heavy atom. The Hall–Kier alpha value is -4.18. The molecular formula is C28H26N6O3S. The van der Waals surface area contributed by atoms with E-state index in [9.17, 15) is 14.4 Å². The van der Waals surface area contributed by atoms with Crippen LogP contribution in [0.2, 0.25) is 0 Å². The summed E-state index contributed by atoms with van der Waals surface area (Å²) in [5, 5.41) is 9.25. The van der Waals surface area contributed by atoms with Crippen molar-refractivity contribution < 1.29 is 14.4 Å². The SMILES string of the molecule is C=CC(=O)N[C@H]1CCC[C@H]1NC(=O)C1Sc2nccc3c2C1NC(=O)N3c1cccc(-c2cccnc2)c1. The van der Waals surface area contributed by atoms with Gasteiger partial charge in [0.05, 0.1) is 17.4 Å². The predicted octanol–water partition coefficient (Wildman–Crippen LogP) is 3.86. The third kappa shape index (κ3) is 4.30. The highest BCUT2D eigenvalue weighted by molar-refractivity contribution is 8.01. The summed E-state index contributed by atoms with van der Waals surface area (Å²) in [6.45, 7) is 3.51. The summed E-state index contributed by atoms with van der Waals surface area (Å²) < 4.78 is 0. The second-order valence-corrected chi connectivity index (χ2v) is 10.6. The zero-order chi connectivity index (χ0) is 26.2. The Labute approximate surface area is 224 Å². The molecule has 3 aliphatic rings. The summed E-state index contributed by atoms with van der Waals surface area (Å²) in [6, 6.07) is 12.3. The van der Waals surface area contributed by atoms with E-state index in [1.165, 1.54) is 17.8 Å². The Morgan fingerprint density at radius 1 is 1.08 bits per heavy atom. The van der Waals surface area contributed by atoms with Crippen molar-refractivity contribution in [2.24, 2.45) is 0 Å². The van der Waals surface area contributed by atoms with Crippen LogP contribution >= 0.6 is 11.8 Å². The summed E-state index contributed by atoms with van der Waals surface area (Å²) in [7, 11) is 0. The minimum atomic E-state index is -0.567. The minimum Gasteiger partial charge on any atom is -0.350 e. The van der Waals surface area contributed by atoms with E-state index in [2.05, 4.69) is 32.5 Å². The highest BCUT2D eigenvalue weighted by Gasteiger charge is 2.47. The quantitative estimate of drug-likeness (QED) is 0.420. The maximum atomic E-state index is 13.5. The normalized spacial score (nSPS) is 23.4. The second-order valence-electron chi connectivity index (χ2n) is 9.51. The lowest BCUT2D eigenvalue weighted by Crippen LogP contribution is -2.53. The average molecular weight is 527 g/mol. The smallest absolute Gasteiger partial charge is 0.327 e. The number of aromatic nitrogens is 2. The first-order valence-electron chi connectivity index (χ1n) is 12.5. The van der Waals surface area contributed by atoms with Crippen molar-refractivity contribution in [3.05, 3.63) is 79.3 Å². The van der Waals surface area contributed by atoms with Crippen LogP contribution in [0.4, 0.5) is 16.2 Å². The van der Waals surface area contributed by atoms with Gasteiger partial charge in [-0.05, 0) is 55.2 Å². The molecule has 4 atom stereocenters. The van der Waals surface area contributed by atoms with Crippen molar-refractivity contribution in [1.82, 2.24) is 25.9 Å². The minimum absolute atomic E-state index is 0.143. The first kappa shape index (κ1) is 24.2. The molecule has 2 unspecified atom stereocenters. The summed E-state index contributed by atoms with van der Waals surface area (Å²) in [5.41, 5.74) is 4.16. The van der Waals surface area contributed by atoms with E-state index in [4.69, 9.17) is 0 Å². The van der Waals surface area contributed by atoms with Crippen LogP contribution in [0.25, 0.3) is 11.1 Å². The number of anilines is 2. The molecule has 4 amide bonds. The molecule has 1 fully saturated rings. The van der Waals surface area contributed by atoms with Crippen LogP contribution in [0.5, 0.6) is 0 Å². The number of urea groups is 1. The van der Waals surface area contributed by atoms with E-state index in [0.717, 1.165) is 41.0 Å². The molecule has 192 valence electrons. The van der Waals surface area contributed by atoms with Gasteiger partial charge in [-0.15, -0.1) is 0 Å². The van der Waals surface area contributed by atoms with Gasteiger partial charge < -0.3 is 16.0 Å². The van der Waals surface area contributed by atoms with Gasteiger partial charge >= 0.3 is 6.03 Å². The van der Waals surface area contributed by atoms with Crippen molar-refractivity contribution >= 4 is 41.0 Å². The van der Waals surface area contributed by atoms with Crippen molar-refractivity contribution in [2.75, 3.05) is 4.90 Å². The standard InChI is InChI=1S/C28H26N6O3S/c1-2-22(35)31-19-9-4-10-20(19)32-26(36)25-24-23-21(11-13-30-27(23)38-25)34(28(37)33-24)18-8-3-6-16(14-18)17-7-5-12-29-15-17/h2-3,5-8,11-15,19-20,24-25H,1,4,9-10H2,(H,31,35)(H,32,36)(H,33,37)/t19-,20+,24?,25?/m0/s1. The van der Waals surface area contributed by atoms with E-state index in [0.29, 0.717) is 11.4 Å². The molecule has 3 N–H and O–H groups in total. The van der Waals surface area contributed by atoms with Gasteiger partial charge in [-0.1, -0.05) is 36.5 Å². The fraction of sp³-hybridized carbons (Fsp3) is 0.250. The number of carbonyl (C=O) groups is 3. The molecule has 0 bridgehead atoms. The molecule has 0 spiro atoms. The van der Waals surface area contributed by atoms with E-state index in [1.54, 1.807) is 23.5 Å². The number of carbonyl (C=O) groups excluding carboxylic acids is 3. The molecular weight excluding hydrogens is 500 g/mol. The molecule has 10 heteroatoms. The van der Waals surface area contributed by atoms with E-state index in [1.807, 2.05) is 42.5 Å². The fourth-order valence-electron chi connectivity index (χ4n) is 5.45. The van der Waals surface area contributed by atoms with Gasteiger partial charge in [-0.2, -0.15) is 0 Å². The Morgan fingerprint density at radius 3 is 2.68 bits per heavy atom. The zero-order valence-electron chi connectivity index (χ0n) is 20.5. The molecule has 4 heterocycles. The lowest BCUT2D eigenvalue weighted by molar-refractivity contribution is -0.122. The van der Waals surface area contributed by atoms with Gasteiger partial charge in [0.2, 0.25) is 11.8 Å². The average Bonchev–Trinajstić information content (AvgIpc) is 3.54. The third-order valence-electron chi connectivity index (χ3n) is 7.22. The van der Waals surface area contributed by atoms with Crippen LogP contribution in [-0.2, 0) is 9.59 Å². The second kappa shape index (κ2) is 9.94. The lowest BCUT2D eigenvalue weighted by Gasteiger charge is -2.34. The van der Waals surface area contributed by atoms with Crippen molar-refractivity contribution in [1.29, 1.82) is 0 Å². The first-order valence-corrected chi connectivity index (χ1v) is 13.4. The molecule has 0 radical (unpaired) electrons. The molecule has 2 aromatic heterocycles. The van der Waals surface area contributed by atoms with Crippen molar-refractivity contribution in [3.8, 4) is 11.1 Å². The van der Waals surface area contributed by atoms with E-state index >= 15 is 0 Å². The number of nitrogens with zero attached hydrogens (tertiary/aromatic N) is 3. The molecule has 1 saturated carbocycles. The molecule has 3 aromatic rings. The number of thioether (sulfide) groups is 1. The molecule has 2 aliphatic heterocycles. The highest BCUT2D eigenvalue weighted by atomic mass is 32.2. The number of hydrogen-bond acceptors (Lipinski definition) is 6. The van der Waals surface area contributed by atoms with Crippen LogP contribution in [0.1, 0.15) is 30.9 Å². The van der Waals surface area contributed by atoms with Gasteiger partial charge in [0, 0.05) is 41.8 Å². The fourth-order valence-corrected chi connectivity index (χ4v) is 6.69. The summed E-state index contributed by atoms with van der Waals surface area (Å²) in [4.78, 5) is 49.2. The Bertz CT molecular complexity index is 1430. The summed E-state index contributed by atoms with van der Waals surface area (Å²) in [6.07, 6.45) is 8.90. The molecule has 6 rings (SSSR count). The van der Waals surface area contributed by atoms with Crippen molar-refractivity contribution in [2.45, 2.75) is 47.7 Å². The van der Waals surface area contributed by atoms with Crippen LogP contribution in [-0.4, -0.2) is 45.1 Å². The molecule has 9 nitrogen and oxygen atoms in total. The van der Waals surface area contributed by atoms with Gasteiger partial charge in [0.1, 0.15) is 10.3 Å². The van der Waals surface area contributed by atoms with Crippen LogP contribution in [0.3, 0.4) is 0 Å². The Kier molecular flexibility index (Phi) is 6.32. The van der Waals surface area contributed by atoms with E-state index < -0.39 is 11.3 Å². The maximum absolute atomic E-state index is 13.5. The maximum Gasteiger partial charge on any atom is 0.327 e.